The Bertz CT molecular complexity index is 734. The number of rotatable bonds is 5. The Morgan fingerprint density at radius 3 is 2.48 bits per heavy atom. The van der Waals surface area contributed by atoms with Crippen molar-refractivity contribution in [1.82, 2.24) is 15.1 Å². The van der Waals surface area contributed by atoms with Crippen LogP contribution in [0.25, 0.3) is 11.1 Å². The van der Waals surface area contributed by atoms with E-state index in [0.29, 0.717) is 12.3 Å². The van der Waals surface area contributed by atoms with Crippen molar-refractivity contribution in [3.05, 3.63) is 47.4 Å². The lowest BCUT2D eigenvalue weighted by atomic mass is 10.1. The first kappa shape index (κ1) is 13.5. The van der Waals surface area contributed by atoms with Gasteiger partial charge in [-0.1, -0.05) is 43.3 Å². The van der Waals surface area contributed by atoms with Gasteiger partial charge in [-0.25, -0.2) is 4.98 Å². The molecule has 0 spiro atoms. The van der Waals surface area contributed by atoms with Gasteiger partial charge in [0.05, 0.1) is 5.69 Å². The van der Waals surface area contributed by atoms with Crippen molar-refractivity contribution in [1.29, 1.82) is 0 Å². The summed E-state index contributed by atoms with van der Waals surface area (Å²) in [4.78, 5) is 8.42. The lowest BCUT2D eigenvalue weighted by Crippen LogP contribution is -2.03. The van der Waals surface area contributed by atoms with Crippen LogP contribution in [0.15, 0.2) is 35.1 Å². The topological polar surface area (TPSA) is 63.8 Å². The Hall–Kier alpha value is -2.43. The van der Waals surface area contributed by atoms with Crippen molar-refractivity contribution < 1.29 is 4.52 Å². The maximum absolute atomic E-state index is 5.22. The molecule has 0 radical (unpaired) electrons. The maximum atomic E-state index is 5.22. The number of aryl methyl sites for hydroxylation is 2. The van der Waals surface area contributed by atoms with Gasteiger partial charge in [0.25, 0.3) is 5.71 Å². The van der Waals surface area contributed by atoms with E-state index in [4.69, 9.17) is 4.52 Å². The molecule has 1 aromatic carbocycles. The van der Waals surface area contributed by atoms with Crippen molar-refractivity contribution in [2.24, 2.45) is 0 Å². The molecule has 3 rings (SSSR count). The highest BCUT2D eigenvalue weighted by atomic mass is 16.5. The summed E-state index contributed by atoms with van der Waals surface area (Å²) in [5.41, 5.74) is 3.98. The first-order valence-corrected chi connectivity index (χ1v) is 7.22. The van der Waals surface area contributed by atoms with E-state index in [1.807, 2.05) is 6.92 Å². The molecule has 0 saturated carbocycles. The Morgan fingerprint density at radius 1 is 1.00 bits per heavy atom. The second-order valence-corrected chi connectivity index (χ2v) is 4.91. The largest absolute Gasteiger partial charge is 0.365 e. The Kier molecular flexibility index (Phi) is 3.81. The highest BCUT2D eigenvalue weighted by Gasteiger charge is 2.13. The molecule has 5 nitrogen and oxygen atoms in total. The van der Waals surface area contributed by atoms with Crippen LogP contribution in [0, 0.1) is 0 Å². The molecule has 0 bridgehead atoms. The fraction of sp³-hybridized carbons (Fsp3) is 0.312. The summed E-state index contributed by atoms with van der Waals surface area (Å²) in [5, 5.41) is 8.27. The van der Waals surface area contributed by atoms with Crippen LogP contribution in [-0.4, -0.2) is 15.1 Å². The zero-order valence-corrected chi connectivity index (χ0v) is 12.3. The molecular weight excluding hydrogens is 264 g/mol. The summed E-state index contributed by atoms with van der Waals surface area (Å²) < 4.78 is 5.22. The fourth-order valence-electron chi connectivity index (χ4n) is 2.30. The van der Waals surface area contributed by atoms with Gasteiger partial charge in [-0.2, -0.15) is 4.98 Å². The van der Waals surface area contributed by atoms with Gasteiger partial charge in [0.2, 0.25) is 0 Å². The Labute approximate surface area is 123 Å². The predicted octanol–water partition coefficient (Wildman–Crippen LogP) is 3.35. The minimum atomic E-state index is 0.533. The molecule has 0 amide bonds. The van der Waals surface area contributed by atoms with Crippen LogP contribution in [0.4, 0.5) is 5.82 Å². The standard InChI is InChI=1S/C16H18N4O/c1-3-11-5-7-12(8-6-11)9-17-15-14-13(4-2)20-21-16(14)19-10-18-15/h5-8,10H,3-4,9H2,1-2H3,(H,17,18,19). The van der Waals surface area contributed by atoms with Crippen LogP contribution < -0.4 is 5.32 Å². The SMILES string of the molecule is CCc1ccc(CNc2ncnc3onc(CC)c23)cc1. The molecule has 2 heterocycles. The predicted molar refractivity (Wildman–Crippen MR) is 82.1 cm³/mol. The van der Waals surface area contributed by atoms with E-state index in [2.05, 4.69) is 51.6 Å². The quantitative estimate of drug-likeness (QED) is 0.777. The number of aromatic nitrogens is 3. The Morgan fingerprint density at radius 2 is 1.76 bits per heavy atom. The molecular formula is C16H18N4O. The number of benzene rings is 1. The van der Waals surface area contributed by atoms with Gasteiger partial charge in [0, 0.05) is 6.54 Å². The van der Waals surface area contributed by atoms with Crippen molar-refractivity contribution in [2.45, 2.75) is 33.2 Å². The zero-order chi connectivity index (χ0) is 14.7. The summed E-state index contributed by atoms with van der Waals surface area (Å²) in [6, 6.07) is 8.59. The van der Waals surface area contributed by atoms with Crippen molar-refractivity contribution in [2.75, 3.05) is 5.32 Å². The zero-order valence-electron chi connectivity index (χ0n) is 12.3. The molecule has 0 aliphatic heterocycles. The van der Waals surface area contributed by atoms with E-state index >= 15 is 0 Å². The molecule has 0 aliphatic rings. The number of fused-ring (bicyclic) bond motifs is 1. The summed E-state index contributed by atoms with van der Waals surface area (Å²) in [7, 11) is 0. The van der Waals surface area contributed by atoms with Crippen molar-refractivity contribution in [3.63, 3.8) is 0 Å². The van der Waals surface area contributed by atoms with Crippen LogP contribution >= 0.6 is 0 Å². The smallest absolute Gasteiger partial charge is 0.263 e. The van der Waals surface area contributed by atoms with E-state index in [0.717, 1.165) is 29.7 Å². The summed E-state index contributed by atoms with van der Waals surface area (Å²) >= 11 is 0. The molecule has 5 heteroatoms. The third-order valence-corrected chi connectivity index (χ3v) is 3.57. The average molecular weight is 282 g/mol. The molecule has 0 aliphatic carbocycles. The molecule has 0 fully saturated rings. The van der Waals surface area contributed by atoms with Crippen LogP contribution in [0.5, 0.6) is 0 Å². The van der Waals surface area contributed by atoms with E-state index in [1.165, 1.54) is 17.5 Å². The van der Waals surface area contributed by atoms with Gasteiger partial charge in [0.1, 0.15) is 17.5 Å². The second kappa shape index (κ2) is 5.91. The fourth-order valence-corrected chi connectivity index (χ4v) is 2.30. The van der Waals surface area contributed by atoms with E-state index in [-0.39, 0.29) is 0 Å². The third-order valence-electron chi connectivity index (χ3n) is 3.57. The Balaban J connectivity index is 1.82. The number of anilines is 1. The number of hydrogen-bond donors (Lipinski definition) is 1. The lowest BCUT2D eigenvalue weighted by Gasteiger charge is -2.07. The van der Waals surface area contributed by atoms with Gasteiger partial charge < -0.3 is 9.84 Å². The molecule has 108 valence electrons. The molecule has 2 aromatic heterocycles. The van der Waals surface area contributed by atoms with E-state index in [9.17, 15) is 0 Å². The van der Waals surface area contributed by atoms with Crippen molar-refractivity contribution >= 4 is 16.9 Å². The monoisotopic (exact) mass is 282 g/mol. The summed E-state index contributed by atoms with van der Waals surface area (Å²) in [6.07, 6.45) is 3.34. The normalized spacial score (nSPS) is 11.0. The summed E-state index contributed by atoms with van der Waals surface area (Å²) in [6.45, 7) is 4.91. The van der Waals surface area contributed by atoms with Crippen molar-refractivity contribution in [3.8, 4) is 0 Å². The highest BCUT2D eigenvalue weighted by molar-refractivity contribution is 5.87. The minimum absolute atomic E-state index is 0.533. The second-order valence-electron chi connectivity index (χ2n) is 4.91. The van der Waals surface area contributed by atoms with Gasteiger partial charge in [-0.15, -0.1) is 0 Å². The molecule has 3 aromatic rings. The first-order valence-electron chi connectivity index (χ1n) is 7.22. The van der Waals surface area contributed by atoms with Crippen LogP contribution in [0.3, 0.4) is 0 Å². The first-order chi connectivity index (χ1) is 10.3. The van der Waals surface area contributed by atoms with Gasteiger partial charge in [0.15, 0.2) is 0 Å². The van der Waals surface area contributed by atoms with Crippen LogP contribution in [0.2, 0.25) is 0 Å². The van der Waals surface area contributed by atoms with Crippen LogP contribution in [-0.2, 0) is 19.4 Å². The number of hydrogen-bond acceptors (Lipinski definition) is 5. The average Bonchev–Trinajstić information content (AvgIpc) is 2.97. The molecule has 1 N–H and O–H groups in total. The molecule has 0 unspecified atom stereocenters. The van der Waals surface area contributed by atoms with Crippen LogP contribution in [0.1, 0.15) is 30.7 Å². The molecule has 0 atom stereocenters. The third kappa shape index (κ3) is 2.72. The number of nitrogens with zero attached hydrogens (tertiary/aromatic N) is 3. The maximum Gasteiger partial charge on any atom is 0.263 e. The lowest BCUT2D eigenvalue weighted by molar-refractivity contribution is 0.439. The number of nitrogens with one attached hydrogen (secondary N) is 1. The summed E-state index contributed by atoms with van der Waals surface area (Å²) in [5.74, 6) is 0.776. The van der Waals surface area contributed by atoms with Gasteiger partial charge >= 0.3 is 0 Å². The van der Waals surface area contributed by atoms with Gasteiger partial charge in [-0.3, -0.25) is 0 Å². The molecule has 21 heavy (non-hydrogen) atoms. The highest BCUT2D eigenvalue weighted by Crippen LogP contribution is 2.23. The van der Waals surface area contributed by atoms with Gasteiger partial charge in [-0.05, 0) is 24.0 Å². The van der Waals surface area contributed by atoms with E-state index in [1.54, 1.807) is 0 Å². The minimum Gasteiger partial charge on any atom is -0.365 e. The van der Waals surface area contributed by atoms with E-state index < -0.39 is 0 Å². The molecule has 0 saturated heterocycles.